The molecule has 0 amide bonds. The third-order valence-electron chi connectivity index (χ3n) is 10.0. The standard InChI is InChI=1S/C33H51F3O4/c1-29(2,39)15-6-7-16-30(3,17-9-19-32(5,40)33(34,35)36)28-14-13-27-24(10-8-18-31(27,28)4)12-11-23-20-25(37)22-26(38)21-23/h11-12,25-28,37-40H,6-8,10,13-18,20-22H2,1-5H3/b23-11?,24-12+/t25-,26?,27?,28-,30?,31?,32?/m1/s1. The van der Waals surface area contributed by atoms with Crippen LogP contribution in [0.15, 0.2) is 23.3 Å². The van der Waals surface area contributed by atoms with E-state index in [-0.39, 0.29) is 23.2 Å². The maximum atomic E-state index is 13.3. The second kappa shape index (κ2) is 12.5. The molecule has 0 aliphatic heterocycles. The molecule has 0 aromatic carbocycles. The summed E-state index contributed by atoms with van der Waals surface area (Å²) in [7, 11) is 0. The molecule has 228 valence electrons. The summed E-state index contributed by atoms with van der Waals surface area (Å²) in [5.41, 5.74) is -1.65. The van der Waals surface area contributed by atoms with E-state index >= 15 is 0 Å². The fourth-order valence-electron chi connectivity index (χ4n) is 7.88. The lowest BCUT2D eigenvalue weighted by molar-refractivity contribution is -0.228. The second-order valence-corrected chi connectivity index (χ2v) is 14.3. The average molecular weight is 569 g/mol. The summed E-state index contributed by atoms with van der Waals surface area (Å²) in [6.07, 6.45) is 8.65. The van der Waals surface area contributed by atoms with Crippen LogP contribution in [-0.2, 0) is 0 Å². The molecular weight excluding hydrogens is 517 g/mol. The van der Waals surface area contributed by atoms with Gasteiger partial charge in [-0.15, -0.1) is 0 Å². The maximum Gasteiger partial charge on any atom is 0.428 e. The highest BCUT2D eigenvalue weighted by Crippen LogP contribution is 2.63. The zero-order chi connectivity index (χ0) is 30.0. The van der Waals surface area contributed by atoms with Gasteiger partial charge in [0.15, 0.2) is 0 Å². The molecule has 0 spiro atoms. The van der Waals surface area contributed by atoms with Gasteiger partial charge in [-0.1, -0.05) is 61.8 Å². The quantitative estimate of drug-likeness (QED) is 0.188. The molecule has 3 aliphatic rings. The van der Waals surface area contributed by atoms with Crippen molar-refractivity contribution in [3.05, 3.63) is 23.3 Å². The van der Waals surface area contributed by atoms with Gasteiger partial charge >= 0.3 is 6.18 Å². The van der Waals surface area contributed by atoms with E-state index in [1.165, 1.54) is 5.57 Å². The lowest BCUT2D eigenvalue weighted by atomic mass is 9.55. The first-order valence-corrected chi connectivity index (χ1v) is 15.1. The fourth-order valence-corrected chi connectivity index (χ4v) is 7.88. The number of unbranched alkanes of at least 4 members (excludes halogenated alkanes) is 1. The molecule has 7 atom stereocenters. The summed E-state index contributed by atoms with van der Waals surface area (Å²) in [6.45, 7) is 8.80. The topological polar surface area (TPSA) is 80.9 Å². The minimum absolute atomic E-state index is 0.00654. The summed E-state index contributed by atoms with van der Waals surface area (Å²) >= 11 is 0. The van der Waals surface area contributed by atoms with Crippen molar-refractivity contribution >= 4 is 0 Å². The summed E-state index contributed by atoms with van der Waals surface area (Å²) in [4.78, 5) is 0. The van der Waals surface area contributed by atoms with Crippen LogP contribution in [0.25, 0.3) is 0 Å². The van der Waals surface area contributed by atoms with Gasteiger partial charge in [0, 0.05) is 6.42 Å². The van der Waals surface area contributed by atoms with E-state index in [0.717, 1.165) is 56.9 Å². The lowest BCUT2D eigenvalue weighted by Crippen LogP contribution is -2.42. The number of hydrogen-bond donors (Lipinski definition) is 4. The van der Waals surface area contributed by atoms with Crippen molar-refractivity contribution in [2.75, 3.05) is 0 Å². The number of allylic oxidation sites excluding steroid dienone is 3. The molecule has 0 radical (unpaired) electrons. The molecule has 4 nitrogen and oxygen atoms in total. The summed E-state index contributed by atoms with van der Waals surface area (Å²) < 4.78 is 39.8. The Kier molecular flexibility index (Phi) is 10.4. The van der Waals surface area contributed by atoms with Crippen LogP contribution < -0.4 is 0 Å². The minimum atomic E-state index is -4.81. The van der Waals surface area contributed by atoms with Gasteiger partial charge in [-0.2, -0.15) is 13.2 Å². The molecule has 3 fully saturated rings. The number of aliphatic hydroxyl groups excluding tert-OH is 2. The van der Waals surface area contributed by atoms with Crippen molar-refractivity contribution in [2.45, 2.75) is 148 Å². The monoisotopic (exact) mass is 568 g/mol. The Hall–Kier alpha value is -1.33. The number of rotatable bonds is 8. The van der Waals surface area contributed by atoms with Crippen LogP contribution in [0.2, 0.25) is 0 Å². The van der Waals surface area contributed by atoms with Crippen molar-refractivity contribution < 1.29 is 33.6 Å². The van der Waals surface area contributed by atoms with Crippen LogP contribution in [0.3, 0.4) is 0 Å². The first kappa shape index (κ1) is 33.2. The molecule has 0 aromatic heterocycles. The molecule has 40 heavy (non-hydrogen) atoms. The SMILES string of the molecule is CC(C)(O)CCCCC(C)(CC#CC(C)(O)C(F)(F)F)[C@H]1CCC2/C(=C/C=C3CC(O)C[C@H](O)C3)CCCC21C. The molecule has 4 N–H and O–H groups in total. The summed E-state index contributed by atoms with van der Waals surface area (Å²) in [5.74, 6) is 5.55. The van der Waals surface area contributed by atoms with Crippen molar-refractivity contribution in [1.29, 1.82) is 0 Å². The predicted molar refractivity (Wildman–Crippen MR) is 152 cm³/mol. The number of fused-ring (bicyclic) bond motifs is 1. The van der Waals surface area contributed by atoms with E-state index in [9.17, 15) is 33.6 Å². The fraction of sp³-hybridized carbons (Fsp3) is 0.818. The molecule has 0 bridgehead atoms. The van der Waals surface area contributed by atoms with Gasteiger partial charge in [0.1, 0.15) is 0 Å². The Morgan fingerprint density at radius 2 is 1.57 bits per heavy atom. The lowest BCUT2D eigenvalue weighted by Gasteiger charge is -2.49. The number of hydrogen-bond acceptors (Lipinski definition) is 4. The van der Waals surface area contributed by atoms with E-state index in [0.29, 0.717) is 38.5 Å². The van der Waals surface area contributed by atoms with Crippen LogP contribution in [0.4, 0.5) is 13.2 Å². The van der Waals surface area contributed by atoms with Crippen molar-refractivity contribution in [2.24, 2.45) is 22.7 Å². The van der Waals surface area contributed by atoms with Crippen LogP contribution in [-0.4, -0.2) is 50.0 Å². The molecule has 3 aliphatic carbocycles. The molecular formula is C33H51F3O4. The van der Waals surface area contributed by atoms with Gasteiger partial charge in [0.2, 0.25) is 5.60 Å². The van der Waals surface area contributed by atoms with Crippen LogP contribution in [0, 0.1) is 34.5 Å². The Balaban J connectivity index is 1.85. The van der Waals surface area contributed by atoms with Crippen molar-refractivity contribution in [1.82, 2.24) is 0 Å². The zero-order valence-corrected chi connectivity index (χ0v) is 25.1. The molecule has 0 aromatic rings. The third-order valence-corrected chi connectivity index (χ3v) is 10.0. The highest BCUT2D eigenvalue weighted by Gasteiger charge is 2.55. The highest BCUT2D eigenvalue weighted by molar-refractivity contribution is 5.27. The minimum Gasteiger partial charge on any atom is -0.393 e. The molecule has 3 saturated carbocycles. The Bertz CT molecular complexity index is 984. The highest BCUT2D eigenvalue weighted by atomic mass is 19.4. The third kappa shape index (κ3) is 8.15. The number of alkyl halides is 3. The van der Waals surface area contributed by atoms with Crippen LogP contribution in [0.1, 0.15) is 118 Å². The normalized spacial score (nSPS) is 34.6. The number of halogens is 3. The van der Waals surface area contributed by atoms with Gasteiger partial charge < -0.3 is 20.4 Å². The zero-order valence-electron chi connectivity index (χ0n) is 25.1. The Labute approximate surface area is 239 Å². The van der Waals surface area contributed by atoms with Crippen molar-refractivity contribution in [3.8, 4) is 11.8 Å². The van der Waals surface area contributed by atoms with Crippen molar-refractivity contribution in [3.63, 3.8) is 0 Å². The maximum absolute atomic E-state index is 13.3. The van der Waals surface area contributed by atoms with Gasteiger partial charge in [-0.25, -0.2) is 0 Å². The number of aliphatic hydroxyl groups is 4. The Morgan fingerprint density at radius 1 is 0.950 bits per heavy atom. The van der Waals surface area contributed by atoms with Crippen LogP contribution >= 0.6 is 0 Å². The average Bonchev–Trinajstić information content (AvgIpc) is 3.17. The summed E-state index contributed by atoms with van der Waals surface area (Å²) in [5, 5.41) is 40.2. The molecule has 0 saturated heterocycles. The molecule has 0 heterocycles. The van der Waals surface area contributed by atoms with E-state index in [4.69, 9.17) is 0 Å². The summed E-state index contributed by atoms with van der Waals surface area (Å²) in [6, 6.07) is 0. The van der Waals surface area contributed by atoms with E-state index in [1.807, 2.05) is 0 Å². The Morgan fingerprint density at radius 3 is 2.17 bits per heavy atom. The first-order valence-electron chi connectivity index (χ1n) is 15.1. The van der Waals surface area contributed by atoms with E-state index in [2.05, 4.69) is 37.8 Å². The van der Waals surface area contributed by atoms with Gasteiger partial charge in [0.25, 0.3) is 0 Å². The molecule has 5 unspecified atom stereocenters. The first-order chi connectivity index (χ1) is 18.4. The molecule has 3 rings (SSSR count). The van der Waals surface area contributed by atoms with Gasteiger partial charge in [0.05, 0.1) is 17.8 Å². The van der Waals surface area contributed by atoms with Gasteiger partial charge in [-0.3, -0.25) is 0 Å². The predicted octanol–water partition coefficient (Wildman–Crippen LogP) is 7.01. The van der Waals surface area contributed by atoms with Crippen LogP contribution in [0.5, 0.6) is 0 Å². The largest absolute Gasteiger partial charge is 0.428 e. The van der Waals surface area contributed by atoms with E-state index in [1.54, 1.807) is 13.8 Å². The second-order valence-electron chi connectivity index (χ2n) is 14.3. The van der Waals surface area contributed by atoms with Gasteiger partial charge in [-0.05, 0) is 108 Å². The molecule has 7 heteroatoms. The smallest absolute Gasteiger partial charge is 0.393 e. The van der Waals surface area contributed by atoms with E-state index < -0.39 is 29.6 Å².